The van der Waals surface area contributed by atoms with Gasteiger partial charge in [0.25, 0.3) is 0 Å². The molecule has 0 spiro atoms. The molecule has 17 nitrogen and oxygen atoms in total. The fourth-order valence-corrected chi connectivity index (χ4v) is 4.12. The largest absolute Gasteiger partial charge is 0.481 e. The van der Waals surface area contributed by atoms with Crippen LogP contribution in [0.4, 0.5) is 4.79 Å². The van der Waals surface area contributed by atoms with E-state index in [1.54, 1.807) is 0 Å². The van der Waals surface area contributed by atoms with Gasteiger partial charge in [-0.05, 0) is 57.8 Å². The number of hydrogen-bond donors (Lipinski definition) is 9. The number of aliphatic carboxylic acids is 4. The Morgan fingerprint density at radius 3 is 1.40 bits per heavy atom. The summed E-state index contributed by atoms with van der Waals surface area (Å²) in [4.78, 5) is 91.7. The normalized spacial score (nSPS) is 12.6. The Bertz CT molecular complexity index is 1010. The topological polar surface area (TPSA) is 278 Å². The molecule has 5 amide bonds. The van der Waals surface area contributed by atoms with E-state index < -0.39 is 54.5 Å². The van der Waals surface area contributed by atoms with Crippen LogP contribution in [0.5, 0.6) is 0 Å². The lowest BCUT2D eigenvalue weighted by atomic mass is 10.1. The van der Waals surface area contributed by atoms with E-state index in [0.717, 1.165) is 0 Å². The first-order valence-corrected chi connectivity index (χ1v) is 15.0. The molecule has 17 heteroatoms. The van der Waals surface area contributed by atoms with E-state index >= 15 is 0 Å². The Labute approximate surface area is 261 Å². The van der Waals surface area contributed by atoms with E-state index in [4.69, 9.17) is 10.2 Å². The van der Waals surface area contributed by atoms with Crippen molar-refractivity contribution in [3.8, 4) is 0 Å². The van der Waals surface area contributed by atoms with Gasteiger partial charge in [0.15, 0.2) is 0 Å². The Morgan fingerprint density at radius 1 is 0.489 bits per heavy atom. The molecule has 0 saturated carbocycles. The zero-order chi connectivity index (χ0) is 34.2. The fourth-order valence-electron chi connectivity index (χ4n) is 4.12. The zero-order valence-electron chi connectivity index (χ0n) is 25.6. The first kappa shape index (κ1) is 40.6. The summed E-state index contributed by atoms with van der Waals surface area (Å²) in [7, 11) is 0. The van der Waals surface area contributed by atoms with Crippen molar-refractivity contribution >= 4 is 47.6 Å². The summed E-state index contributed by atoms with van der Waals surface area (Å²) in [5.74, 6) is -5.85. The molecule has 1 unspecified atom stereocenters. The molecular weight excluding hydrogens is 598 g/mol. The molecule has 9 N–H and O–H groups in total. The summed E-state index contributed by atoms with van der Waals surface area (Å²) >= 11 is 0. The summed E-state index contributed by atoms with van der Waals surface area (Å²) in [5.41, 5.74) is 0. The highest BCUT2D eigenvalue weighted by molar-refractivity contribution is 5.86. The fraction of sp³-hybridized carbons (Fsp3) is 0.714. The molecule has 0 fully saturated rings. The molecule has 0 heterocycles. The van der Waals surface area contributed by atoms with Crippen LogP contribution in [0.25, 0.3) is 0 Å². The highest BCUT2D eigenvalue weighted by Gasteiger charge is 2.25. The Balaban J connectivity index is 4.10. The lowest BCUT2D eigenvalue weighted by Gasteiger charge is -2.18. The lowest BCUT2D eigenvalue weighted by Crippen LogP contribution is -2.51. The van der Waals surface area contributed by atoms with Crippen LogP contribution < -0.4 is 26.6 Å². The minimum atomic E-state index is -1.49. The van der Waals surface area contributed by atoms with Gasteiger partial charge >= 0.3 is 29.9 Å². The smallest absolute Gasteiger partial charge is 0.326 e. The van der Waals surface area contributed by atoms with Gasteiger partial charge in [-0.2, -0.15) is 0 Å². The SMILES string of the molecule is CC(=O)NCCCCC(NC(=O)CCCCCCC(=O)NCCCC[C@H](NC(=O)N[C@@H](CCC(=O)O)C(=O)O)C(=O)O)C(=O)O. The summed E-state index contributed by atoms with van der Waals surface area (Å²) < 4.78 is 0. The first-order valence-electron chi connectivity index (χ1n) is 15.0. The van der Waals surface area contributed by atoms with Crippen molar-refractivity contribution < 1.29 is 58.8 Å². The van der Waals surface area contributed by atoms with E-state index in [2.05, 4.69) is 26.6 Å². The molecule has 0 aromatic heterocycles. The van der Waals surface area contributed by atoms with Crippen LogP contribution in [0.2, 0.25) is 0 Å². The average molecular weight is 646 g/mol. The summed E-state index contributed by atoms with van der Waals surface area (Å²) in [6.45, 7) is 2.12. The summed E-state index contributed by atoms with van der Waals surface area (Å²) in [6.07, 6.45) is 4.25. The number of carbonyl (C=O) groups excluding carboxylic acids is 4. The van der Waals surface area contributed by atoms with Gasteiger partial charge < -0.3 is 47.0 Å². The quantitative estimate of drug-likeness (QED) is 0.0584. The number of nitrogens with one attached hydrogen (secondary N) is 5. The minimum Gasteiger partial charge on any atom is -0.481 e. The molecule has 0 aliphatic carbocycles. The van der Waals surface area contributed by atoms with Gasteiger partial charge in [0.05, 0.1) is 0 Å². The van der Waals surface area contributed by atoms with Crippen LogP contribution in [-0.4, -0.2) is 99.3 Å². The average Bonchev–Trinajstić information content (AvgIpc) is 2.94. The van der Waals surface area contributed by atoms with Crippen molar-refractivity contribution in [1.82, 2.24) is 26.6 Å². The number of carbonyl (C=O) groups is 8. The molecule has 0 bridgehead atoms. The Kier molecular flexibility index (Phi) is 21.6. The van der Waals surface area contributed by atoms with Crippen molar-refractivity contribution in [2.45, 2.75) is 115 Å². The van der Waals surface area contributed by atoms with E-state index in [1.807, 2.05) is 0 Å². The van der Waals surface area contributed by atoms with Gasteiger partial charge in [0.2, 0.25) is 17.7 Å². The second-order valence-electron chi connectivity index (χ2n) is 10.5. The number of unbranched alkanes of at least 4 members (excludes halogenated alkanes) is 5. The second-order valence-corrected chi connectivity index (χ2v) is 10.5. The third-order valence-electron chi connectivity index (χ3n) is 6.58. The van der Waals surface area contributed by atoms with Crippen LogP contribution >= 0.6 is 0 Å². The maximum Gasteiger partial charge on any atom is 0.326 e. The van der Waals surface area contributed by atoms with Gasteiger partial charge in [-0.3, -0.25) is 19.2 Å². The van der Waals surface area contributed by atoms with E-state index in [-0.39, 0.29) is 56.4 Å². The van der Waals surface area contributed by atoms with Crippen LogP contribution in [0, 0.1) is 0 Å². The minimum absolute atomic E-state index is 0.0187. The molecule has 256 valence electrons. The first-order chi connectivity index (χ1) is 21.2. The number of urea groups is 1. The predicted octanol–water partition coefficient (Wildman–Crippen LogP) is 0.560. The van der Waals surface area contributed by atoms with Crippen LogP contribution in [0.1, 0.15) is 96.8 Å². The molecule has 3 atom stereocenters. The zero-order valence-corrected chi connectivity index (χ0v) is 25.6. The van der Waals surface area contributed by atoms with E-state index in [9.17, 15) is 48.6 Å². The van der Waals surface area contributed by atoms with Crippen molar-refractivity contribution in [3.05, 3.63) is 0 Å². The van der Waals surface area contributed by atoms with Crippen LogP contribution in [0.15, 0.2) is 0 Å². The van der Waals surface area contributed by atoms with E-state index in [0.29, 0.717) is 57.9 Å². The van der Waals surface area contributed by atoms with Crippen molar-refractivity contribution in [3.63, 3.8) is 0 Å². The van der Waals surface area contributed by atoms with Gasteiger partial charge in [-0.25, -0.2) is 19.2 Å². The molecule has 0 radical (unpaired) electrons. The number of rotatable bonds is 26. The maximum absolute atomic E-state index is 12.1. The third-order valence-corrected chi connectivity index (χ3v) is 6.58. The Morgan fingerprint density at radius 2 is 0.933 bits per heavy atom. The number of amides is 5. The number of hydrogen-bond acceptors (Lipinski definition) is 8. The molecule has 0 aromatic carbocycles. The standard InChI is InChI=1S/C28H47N5O12/c1-18(34)29-16-8-6-10-19(25(39)40)31-23(36)13-5-3-2-4-12-22(35)30-17-9-7-11-20(26(41)42)32-28(45)33-21(27(43)44)14-15-24(37)38/h19-21H,2-17H2,1H3,(H,29,34)(H,30,35)(H,31,36)(H,37,38)(H,39,40)(H,41,42)(H,43,44)(H2,32,33,45)/t19?,20-,21-/m0/s1. The van der Waals surface area contributed by atoms with Gasteiger partial charge in [-0.1, -0.05) is 12.8 Å². The van der Waals surface area contributed by atoms with Crippen LogP contribution in [-0.2, 0) is 33.6 Å². The number of carboxylic acid groups (broad SMARTS) is 4. The van der Waals surface area contributed by atoms with Gasteiger partial charge in [0.1, 0.15) is 18.1 Å². The summed E-state index contributed by atoms with van der Waals surface area (Å²) in [6, 6.07) is -4.85. The molecule has 45 heavy (non-hydrogen) atoms. The highest BCUT2D eigenvalue weighted by Crippen LogP contribution is 2.08. The van der Waals surface area contributed by atoms with Gasteiger partial charge in [0, 0.05) is 39.3 Å². The lowest BCUT2D eigenvalue weighted by molar-refractivity contribution is -0.142. The van der Waals surface area contributed by atoms with Gasteiger partial charge in [-0.15, -0.1) is 0 Å². The molecule has 0 aliphatic heterocycles. The second kappa shape index (κ2) is 23.9. The number of carboxylic acids is 4. The molecular formula is C28H47N5O12. The molecule has 0 aliphatic rings. The summed E-state index contributed by atoms with van der Waals surface area (Å²) in [5, 5.41) is 48.5. The van der Waals surface area contributed by atoms with Crippen molar-refractivity contribution in [2.75, 3.05) is 13.1 Å². The van der Waals surface area contributed by atoms with Crippen molar-refractivity contribution in [1.29, 1.82) is 0 Å². The molecule has 0 rings (SSSR count). The molecule has 0 saturated heterocycles. The predicted molar refractivity (Wildman–Crippen MR) is 158 cm³/mol. The highest BCUT2D eigenvalue weighted by atomic mass is 16.4. The monoisotopic (exact) mass is 645 g/mol. The van der Waals surface area contributed by atoms with Crippen molar-refractivity contribution in [2.24, 2.45) is 0 Å². The molecule has 0 aromatic rings. The maximum atomic E-state index is 12.1. The third kappa shape index (κ3) is 22.7. The van der Waals surface area contributed by atoms with Crippen LogP contribution in [0.3, 0.4) is 0 Å². The van der Waals surface area contributed by atoms with E-state index in [1.165, 1.54) is 6.92 Å². The Hall–Kier alpha value is -4.44.